The van der Waals surface area contributed by atoms with E-state index < -0.39 is 12.2 Å². The van der Waals surface area contributed by atoms with E-state index in [0.29, 0.717) is 32.0 Å². The fourth-order valence-electron chi connectivity index (χ4n) is 2.02. The van der Waals surface area contributed by atoms with Gasteiger partial charge in [0.05, 0.1) is 12.7 Å². The molecule has 1 aromatic carbocycles. The summed E-state index contributed by atoms with van der Waals surface area (Å²) in [6.45, 7) is 2.21. The highest BCUT2D eigenvalue weighted by atomic mass is 19.1. The molecule has 2 rings (SSSR count). The lowest BCUT2D eigenvalue weighted by Gasteiger charge is -2.31. The Labute approximate surface area is 117 Å². The second-order valence-corrected chi connectivity index (χ2v) is 4.67. The molecule has 1 saturated heterocycles. The number of halogens is 1. The van der Waals surface area contributed by atoms with E-state index in [2.05, 4.69) is 6.07 Å². The first kappa shape index (κ1) is 14.7. The average molecular weight is 280 g/mol. The van der Waals surface area contributed by atoms with E-state index >= 15 is 0 Å². The van der Waals surface area contributed by atoms with E-state index in [0.717, 1.165) is 0 Å². The summed E-state index contributed by atoms with van der Waals surface area (Å²) in [6.07, 6.45) is -1.11. The van der Waals surface area contributed by atoms with Crippen LogP contribution in [0.15, 0.2) is 24.3 Å². The van der Waals surface area contributed by atoms with E-state index in [-0.39, 0.29) is 12.4 Å². The third-order valence-corrected chi connectivity index (χ3v) is 3.02. The van der Waals surface area contributed by atoms with E-state index in [9.17, 15) is 9.50 Å². The number of ether oxygens (including phenoxy) is 2. The summed E-state index contributed by atoms with van der Waals surface area (Å²) in [7, 11) is 0. The van der Waals surface area contributed by atoms with Crippen molar-refractivity contribution in [2.75, 3.05) is 32.8 Å². The van der Waals surface area contributed by atoms with Crippen molar-refractivity contribution in [3.05, 3.63) is 30.1 Å². The summed E-state index contributed by atoms with van der Waals surface area (Å²) >= 11 is 0. The lowest BCUT2D eigenvalue weighted by Crippen LogP contribution is -2.46. The molecule has 0 saturated carbocycles. The number of rotatable bonds is 5. The Hall–Kier alpha value is -1.68. The number of aliphatic hydroxyl groups is 1. The highest BCUT2D eigenvalue weighted by molar-refractivity contribution is 5.22. The second-order valence-electron chi connectivity index (χ2n) is 4.67. The van der Waals surface area contributed by atoms with Gasteiger partial charge in [-0.15, -0.1) is 0 Å². The van der Waals surface area contributed by atoms with Gasteiger partial charge < -0.3 is 14.6 Å². The summed E-state index contributed by atoms with van der Waals surface area (Å²) in [5, 5.41) is 18.7. The maximum Gasteiger partial charge on any atom is 0.156 e. The molecule has 0 bridgehead atoms. The zero-order valence-corrected chi connectivity index (χ0v) is 11.0. The van der Waals surface area contributed by atoms with Gasteiger partial charge in [-0.05, 0) is 24.3 Å². The van der Waals surface area contributed by atoms with Crippen molar-refractivity contribution in [1.29, 1.82) is 5.26 Å². The molecule has 1 fully saturated rings. The minimum atomic E-state index is -0.669. The Bertz CT molecular complexity index is 460. The van der Waals surface area contributed by atoms with Gasteiger partial charge in [0, 0.05) is 19.6 Å². The van der Waals surface area contributed by atoms with Crippen LogP contribution in [-0.2, 0) is 4.74 Å². The summed E-state index contributed by atoms with van der Waals surface area (Å²) in [4.78, 5) is 1.97. The maximum absolute atomic E-state index is 12.7. The number of hydrogen-bond acceptors (Lipinski definition) is 5. The normalized spacial score (nSPS) is 21.1. The monoisotopic (exact) mass is 280 g/mol. The van der Waals surface area contributed by atoms with Crippen LogP contribution in [0.3, 0.4) is 0 Å². The highest BCUT2D eigenvalue weighted by Gasteiger charge is 2.22. The minimum absolute atomic E-state index is 0.125. The average Bonchev–Trinajstić information content (AvgIpc) is 2.47. The Kier molecular flexibility index (Phi) is 5.30. The van der Waals surface area contributed by atoms with Gasteiger partial charge in [-0.1, -0.05) is 0 Å². The predicted molar refractivity (Wildman–Crippen MR) is 69.7 cm³/mol. The van der Waals surface area contributed by atoms with Crippen LogP contribution in [0.2, 0.25) is 0 Å². The summed E-state index contributed by atoms with van der Waals surface area (Å²) in [5.41, 5.74) is 0. The third kappa shape index (κ3) is 4.46. The molecule has 0 radical (unpaired) electrons. The lowest BCUT2D eigenvalue weighted by molar-refractivity contribution is -0.0215. The Morgan fingerprint density at radius 1 is 1.50 bits per heavy atom. The number of β-amino-alcohol motifs (C(OH)–C–C–N with tert-alkyl or cyclic N) is 1. The van der Waals surface area contributed by atoms with Gasteiger partial charge in [-0.2, -0.15) is 5.26 Å². The summed E-state index contributed by atoms with van der Waals surface area (Å²) < 4.78 is 23.3. The quantitative estimate of drug-likeness (QED) is 0.864. The van der Waals surface area contributed by atoms with Gasteiger partial charge >= 0.3 is 0 Å². The van der Waals surface area contributed by atoms with Crippen molar-refractivity contribution in [2.45, 2.75) is 12.2 Å². The van der Waals surface area contributed by atoms with Gasteiger partial charge in [0.25, 0.3) is 0 Å². The van der Waals surface area contributed by atoms with Crippen molar-refractivity contribution in [3.63, 3.8) is 0 Å². The fraction of sp³-hybridized carbons (Fsp3) is 0.500. The topological polar surface area (TPSA) is 65.7 Å². The molecular weight excluding hydrogens is 263 g/mol. The van der Waals surface area contributed by atoms with Crippen LogP contribution in [0.1, 0.15) is 0 Å². The molecule has 0 aromatic heterocycles. The van der Waals surface area contributed by atoms with Crippen molar-refractivity contribution >= 4 is 0 Å². The van der Waals surface area contributed by atoms with Gasteiger partial charge in [0.2, 0.25) is 0 Å². The predicted octanol–water partition coefficient (Wildman–Crippen LogP) is 0.790. The van der Waals surface area contributed by atoms with Crippen LogP contribution in [0.25, 0.3) is 0 Å². The molecule has 1 heterocycles. The number of morpholine rings is 1. The van der Waals surface area contributed by atoms with Gasteiger partial charge in [-0.3, -0.25) is 4.90 Å². The standard InChI is InChI=1S/C14H17FN2O3/c15-11-1-3-13(4-2-11)20-10-12(18)8-17-5-6-19-14(7-16)9-17/h1-4,12,14,18H,5-6,8-10H2. The largest absolute Gasteiger partial charge is 0.491 e. The second kappa shape index (κ2) is 7.20. The van der Waals surface area contributed by atoms with E-state index in [1.165, 1.54) is 24.3 Å². The summed E-state index contributed by atoms with van der Waals surface area (Å²) in [5.74, 6) is 0.191. The smallest absolute Gasteiger partial charge is 0.156 e. The number of nitriles is 1. The number of aliphatic hydroxyl groups excluding tert-OH is 1. The van der Waals surface area contributed by atoms with Gasteiger partial charge in [0.15, 0.2) is 6.10 Å². The number of nitrogens with zero attached hydrogens (tertiary/aromatic N) is 2. The summed E-state index contributed by atoms with van der Waals surface area (Å²) in [6, 6.07) is 7.70. The lowest BCUT2D eigenvalue weighted by atomic mass is 10.2. The molecule has 2 unspecified atom stereocenters. The van der Waals surface area contributed by atoms with Gasteiger partial charge in [-0.25, -0.2) is 4.39 Å². The van der Waals surface area contributed by atoms with E-state index in [1.54, 1.807) is 0 Å². The van der Waals surface area contributed by atoms with Crippen LogP contribution in [-0.4, -0.2) is 55.1 Å². The Morgan fingerprint density at radius 2 is 2.25 bits per heavy atom. The molecular formula is C14H17FN2O3. The molecule has 5 nitrogen and oxygen atoms in total. The van der Waals surface area contributed by atoms with Crippen molar-refractivity contribution in [1.82, 2.24) is 4.90 Å². The molecule has 2 atom stereocenters. The molecule has 20 heavy (non-hydrogen) atoms. The van der Waals surface area contributed by atoms with Crippen LogP contribution >= 0.6 is 0 Å². The van der Waals surface area contributed by atoms with Crippen LogP contribution < -0.4 is 4.74 Å². The van der Waals surface area contributed by atoms with Crippen molar-refractivity contribution in [3.8, 4) is 11.8 Å². The first-order valence-electron chi connectivity index (χ1n) is 6.47. The SMILES string of the molecule is N#CC1CN(CC(O)COc2ccc(F)cc2)CCO1. The van der Waals surface area contributed by atoms with Crippen molar-refractivity contribution < 1.29 is 19.0 Å². The molecule has 0 aliphatic carbocycles. The molecule has 1 aliphatic rings. The third-order valence-electron chi connectivity index (χ3n) is 3.02. The molecule has 1 aromatic rings. The zero-order valence-electron chi connectivity index (χ0n) is 11.0. The fourth-order valence-corrected chi connectivity index (χ4v) is 2.02. The highest BCUT2D eigenvalue weighted by Crippen LogP contribution is 2.12. The molecule has 108 valence electrons. The number of hydrogen-bond donors (Lipinski definition) is 1. The number of benzene rings is 1. The zero-order chi connectivity index (χ0) is 14.4. The molecule has 0 spiro atoms. The maximum atomic E-state index is 12.7. The van der Waals surface area contributed by atoms with E-state index in [4.69, 9.17) is 14.7 Å². The van der Waals surface area contributed by atoms with Gasteiger partial charge in [0.1, 0.15) is 24.3 Å². The molecule has 1 aliphatic heterocycles. The Balaban J connectivity index is 1.73. The van der Waals surface area contributed by atoms with Crippen LogP contribution in [0, 0.1) is 17.1 Å². The molecule has 0 amide bonds. The van der Waals surface area contributed by atoms with Crippen LogP contribution in [0.4, 0.5) is 4.39 Å². The first-order chi connectivity index (χ1) is 9.67. The molecule has 1 N–H and O–H groups in total. The Morgan fingerprint density at radius 3 is 2.95 bits per heavy atom. The van der Waals surface area contributed by atoms with E-state index in [1.807, 2.05) is 4.90 Å². The van der Waals surface area contributed by atoms with Crippen molar-refractivity contribution in [2.24, 2.45) is 0 Å². The van der Waals surface area contributed by atoms with Crippen LogP contribution in [0.5, 0.6) is 5.75 Å². The minimum Gasteiger partial charge on any atom is -0.491 e. The molecule has 6 heteroatoms. The first-order valence-corrected chi connectivity index (χ1v) is 6.47.